The molecular formula is C24H27NO6S. The molecule has 0 aliphatic carbocycles. The van der Waals surface area contributed by atoms with Crippen molar-refractivity contribution >= 4 is 33.4 Å². The van der Waals surface area contributed by atoms with E-state index in [0.717, 1.165) is 21.2 Å². The molecule has 0 N–H and O–H groups in total. The summed E-state index contributed by atoms with van der Waals surface area (Å²) < 4.78 is 22.0. The Kier molecular flexibility index (Phi) is 8.08. The van der Waals surface area contributed by atoms with Crippen LogP contribution in [0.4, 0.5) is 0 Å². The number of esters is 2. The number of benzene rings is 2. The lowest BCUT2D eigenvalue weighted by Crippen LogP contribution is -2.31. The van der Waals surface area contributed by atoms with Crippen molar-refractivity contribution in [2.75, 3.05) is 34.5 Å². The Morgan fingerprint density at radius 3 is 2.47 bits per heavy atom. The number of carbonyl (C=O) groups excluding carboxylic acids is 2. The molecule has 8 heteroatoms. The summed E-state index contributed by atoms with van der Waals surface area (Å²) >= 11 is 1.39. The van der Waals surface area contributed by atoms with Gasteiger partial charge in [0.2, 0.25) is 0 Å². The summed E-state index contributed by atoms with van der Waals surface area (Å²) in [6, 6.07) is 13.4. The average molecular weight is 458 g/mol. The van der Waals surface area contributed by atoms with Gasteiger partial charge in [-0.25, -0.2) is 4.79 Å². The molecule has 170 valence electrons. The first-order chi connectivity index (χ1) is 15.5. The van der Waals surface area contributed by atoms with Gasteiger partial charge in [0.1, 0.15) is 16.4 Å². The lowest BCUT2D eigenvalue weighted by molar-refractivity contribution is -0.144. The summed E-state index contributed by atoms with van der Waals surface area (Å²) in [6.07, 6.45) is 0. The second-order valence-electron chi connectivity index (χ2n) is 7.03. The topological polar surface area (TPSA) is 74.3 Å². The first-order valence-corrected chi connectivity index (χ1v) is 11.0. The van der Waals surface area contributed by atoms with Gasteiger partial charge in [0.25, 0.3) is 0 Å². The molecule has 1 aromatic heterocycles. The Hall–Kier alpha value is -3.10. The zero-order valence-corrected chi connectivity index (χ0v) is 19.5. The van der Waals surface area contributed by atoms with Gasteiger partial charge in [-0.2, -0.15) is 0 Å². The van der Waals surface area contributed by atoms with E-state index in [-0.39, 0.29) is 18.5 Å². The molecule has 0 aliphatic rings. The molecule has 32 heavy (non-hydrogen) atoms. The van der Waals surface area contributed by atoms with Gasteiger partial charge in [0, 0.05) is 29.4 Å². The highest BCUT2D eigenvalue weighted by Gasteiger charge is 2.23. The van der Waals surface area contributed by atoms with Gasteiger partial charge in [-0.05, 0) is 30.0 Å². The minimum atomic E-state index is -0.390. The number of rotatable bonds is 10. The molecular weight excluding hydrogens is 430 g/mol. The molecule has 7 nitrogen and oxygen atoms in total. The molecule has 0 unspecified atom stereocenters. The van der Waals surface area contributed by atoms with E-state index in [1.54, 1.807) is 27.2 Å². The van der Waals surface area contributed by atoms with Gasteiger partial charge < -0.3 is 18.9 Å². The number of hydrogen-bond donors (Lipinski definition) is 0. The predicted octanol–water partition coefficient (Wildman–Crippen LogP) is 4.27. The second kappa shape index (κ2) is 11.0. The van der Waals surface area contributed by atoms with Crippen LogP contribution in [-0.2, 0) is 27.4 Å². The van der Waals surface area contributed by atoms with Gasteiger partial charge in [0.15, 0.2) is 0 Å². The SMILES string of the molecule is CCOC(=O)CN(Cc1ccc(OC)cc1OC)Cc1c(C(=O)OC)sc2ccccc12. The van der Waals surface area contributed by atoms with E-state index in [1.807, 2.05) is 41.3 Å². The highest BCUT2D eigenvalue weighted by molar-refractivity contribution is 7.21. The third kappa shape index (κ3) is 5.38. The van der Waals surface area contributed by atoms with Gasteiger partial charge in [-0.1, -0.05) is 24.3 Å². The molecule has 3 aromatic rings. The van der Waals surface area contributed by atoms with Crippen molar-refractivity contribution in [1.29, 1.82) is 0 Å². The molecule has 0 bridgehead atoms. The van der Waals surface area contributed by atoms with Crippen LogP contribution in [0.2, 0.25) is 0 Å². The minimum absolute atomic E-state index is 0.0633. The van der Waals surface area contributed by atoms with Gasteiger partial charge >= 0.3 is 11.9 Å². The number of fused-ring (bicyclic) bond motifs is 1. The Morgan fingerprint density at radius 1 is 1.00 bits per heavy atom. The summed E-state index contributed by atoms with van der Waals surface area (Å²) in [6.45, 7) is 2.91. The Labute approximate surface area is 191 Å². The molecule has 0 saturated carbocycles. The van der Waals surface area contributed by atoms with E-state index in [9.17, 15) is 9.59 Å². The number of methoxy groups -OCH3 is 3. The number of thiophene rings is 1. The quantitative estimate of drug-likeness (QED) is 0.421. The fourth-order valence-electron chi connectivity index (χ4n) is 3.52. The monoisotopic (exact) mass is 457 g/mol. The highest BCUT2D eigenvalue weighted by atomic mass is 32.1. The van der Waals surface area contributed by atoms with Gasteiger partial charge in [-0.3, -0.25) is 9.69 Å². The van der Waals surface area contributed by atoms with E-state index >= 15 is 0 Å². The fourth-order valence-corrected chi connectivity index (χ4v) is 4.65. The molecule has 0 fully saturated rings. The maximum atomic E-state index is 12.5. The van der Waals surface area contributed by atoms with E-state index in [1.165, 1.54) is 18.4 Å². The molecule has 2 aromatic carbocycles. The van der Waals surface area contributed by atoms with Crippen LogP contribution in [0.5, 0.6) is 11.5 Å². The smallest absolute Gasteiger partial charge is 0.348 e. The second-order valence-corrected chi connectivity index (χ2v) is 8.08. The largest absolute Gasteiger partial charge is 0.497 e. The van der Waals surface area contributed by atoms with Crippen LogP contribution in [0.25, 0.3) is 10.1 Å². The Bertz CT molecular complexity index is 1090. The lowest BCUT2D eigenvalue weighted by atomic mass is 10.1. The highest BCUT2D eigenvalue weighted by Crippen LogP contribution is 2.34. The van der Waals surface area contributed by atoms with Crippen LogP contribution in [0.3, 0.4) is 0 Å². The first kappa shape index (κ1) is 23.6. The zero-order chi connectivity index (χ0) is 23.1. The summed E-state index contributed by atoms with van der Waals surface area (Å²) in [5.74, 6) is 0.611. The van der Waals surface area contributed by atoms with E-state index in [2.05, 4.69) is 0 Å². The summed E-state index contributed by atoms with van der Waals surface area (Å²) in [7, 11) is 4.56. The summed E-state index contributed by atoms with van der Waals surface area (Å²) in [5, 5.41) is 0.966. The van der Waals surface area contributed by atoms with Crippen LogP contribution in [-0.4, -0.2) is 51.3 Å². The van der Waals surface area contributed by atoms with Crippen molar-refractivity contribution in [1.82, 2.24) is 4.90 Å². The number of carbonyl (C=O) groups is 2. The van der Waals surface area contributed by atoms with E-state index in [4.69, 9.17) is 18.9 Å². The molecule has 1 heterocycles. The summed E-state index contributed by atoms with van der Waals surface area (Å²) in [5.41, 5.74) is 1.71. The van der Waals surface area contributed by atoms with Crippen LogP contribution in [0, 0.1) is 0 Å². The van der Waals surface area contributed by atoms with Crippen molar-refractivity contribution in [2.45, 2.75) is 20.0 Å². The van der Waals surface area contributed by atoms with E-state index in [0.29, 0.717) is 36.1 Å². The molecule has 0 saturated heterocycles. The Balaban J connectivity index is 1.99. The Morgan fingerprint density at radius 2 is 1.78 bits per heavy atom. The first-order valence-electron chi connectivity index (χ1n) is 10.2. The van der Waals surface area contributed by atoms with Crippen molar-refractivity contribution in [3.05, 3.63) is 58.5 Å². The number of ether oxygens (including phenoxy) is 4. The predicted molar refractivity (Wildman–Crippen MR) is 123 cm³/mol. The number of hydrogen-bond acceptors (Lipinski definition) is 8. The van der Waals surface area contributed by atoms with Crippen LogP contribution in [0.1, 0.15) is 27.7 Å². The number of nitrogens with zero attached hydrogens (tertiary/aromatic N) is 1. The molecule has 0 amide bonds. The van der Waals surface area contributed by atoms with Gasteiger partial charge in [-0.15, -0.1) is 11.3 Å². The van der Waals surface area contributed by atoms with Crippen molar-refractivity contribution in [3.8, 4) is 11.5 Å². The molecule has 3 rings (SSSR count). The zero-order valence-electron chi connectivity index (χ0n) is 18.7. The molecule has 0 atom stereocenters. The third-order valence-electron chi connectivity index (χ3n) is 5.00. The maximum absolute atomic E-state index is 12.5. The van der Waals surface area contributed by atoms with Crippen molar-refractivity contribution in [3.63, 3.8) is 0 Å². The summed E-state index contributed by atoms with van der Waals surface area (Å²) in [4.78, 5) is 27.3. The van der Waals surface area contributed by atoms with Gasteiger partial charge in [0.05, 0.1) is 34.5 Å². The van der Waals surface area contributed by atoms with Crippen LogP contribution in [0.15, 0.2) is 42.5 Å². The third-order valence-corrected chi connectivity index (χ3v) is 6.19. The average Bonchev–Trinajstić information content (AvgIpc) is 3.17. The van der Waals surface area contributed by atoms with E-state index < -0.39 is 0 Å². The minimum Gasteiger partial charge on any atom is -0.497 e. The molecule has 0 radical (unpaired) electrons. The fraction of sp³-hybridized carbons (Fsp3) is 0.333. The van der Waals surface area contributed by atoms with Crippen molar-refractivity contribution < 1.29 is 28.5 Å². The van der Waals surface area contributed by atoms with Crippen molar-refractivity contribution in [2.24, 2.45) is 0 Å². The maximum Gasteiger partial charge on any atom is 0.348 e. The standard InChI is InChI=1S/C24H27NO6S/c1-5-31-22(26)15-25(13-16-10-11-17(28-2)12-20(16)29-3)14-19-18-8-6-7-9-21(18)32-23(19)24(27)30-4/h6-12H,5,13-15H2,1-4H3. The molecule has 0 aliphatic heterocycles. The molecule has 0 spiro atoms. The normalized spacial score (nSPS) is 10.9. The lowest BCUT2D eigenvalue weighted by Gasteiger charge is -2.23. The van der Waals surface area contributed by atoms with Crippen LogP contribution < -0.4 is 9.47 Å². The van der Waals surface area contributed by atoms with Crippen LogP contribution >= 0.6 is 11.3 Å².